The van der Waals surface area contributed by atoms with Crippen LogP contribution in [0.4, 0.5) is 0 Å². The van der Waals surface area contributed by atoms with Crippen molar-refractivity contribution in [2.45, 2.75) is 32.9 Å². The van der Waals surface area contributed by atoms with Crippen molar-refractivity contribution in [1.29, 1.82) is 0 Å². The summed E-state index contributed by atoms with van der Waals surface area (Å²) in [6.07, 6.45) is 1.09. The fourth-order valence-corrected chi connectivity index (χ4v) is 2.98. The predicted molar refractivity (Wildman–Crippen MR) is 85.7 cm³/mol. The molecule has 1 aromatic carbocycles. The Hall–Kier alpha value is -1.39. The van der Waals surface area contributed by atoms with E-state index in [4.69, 9.17) is 5.73 Å². The summed E-state index contributed by atoms with van der Waals surface area (Å²) in [6.45, 7) is 8.74. The van der Waals surface area contributed by atoms with Crippen LogP contribution in [0.3, 0.4) is 0 Å². The van der Waals surface area contributed by atoms with E-state index in [9.17, 15) is 4.79 Å². The van der Waals surface area contributed by atoms with Gasteiger partial charge in [0.1, 0.15) is 0 Å². The van der Waals surface area contributed by atoms with E-state index >= 15 is 0 Å². The zero-order chi connectivity index (χ0) is 15.2. The molecule has 0 aliphatic carbocycles. The first-order valence-electron chi connectivity index (χ1n) is 7.90. The van der Waals surface area contributed by atoms with Crippen LogP contribution in [0.1, 0.15) is 25.8 Å². The molecule has 1 amide bonds. The molecule has 0 aromatic heterocycles. The SMILES string of the molecule is CCN(Cc1ccccc1)C[C@@H]1CCN(C(=O)[C@H](C)N)C1. The van der Waals surface area contributed by atoms with Crippen LogP contribution in [0.25, 0.3) is 0 Å². The lowest BCUT2D eigenvalue weighted by molar-refractivity contribution is -0.131. The van der Waals surface area contributed by atoms with Crippen LogP contribution in [0.15, 0.2) is 30.3 Å². The van der Waals surface area contributed by atoms with E-state index in [-0.39, 0.29) is 11.9 Å². The summed E-state index contributed by atoms with van der Waals surface area (Å²) in [5.41, 5.74) is 7.04. The van der Waals surface area contributed by atoms with Crippen LogP contribution < -0.4 is 5.73 Å². The molecule has 4 heteroatoms. The van der Waals surface area contributed by atoms with Crippen molar-refractivity contribution in [3.8, 4) is 0 Å². The van der Waals surface area contributed by atoms with Gasteiger partial charge in [0.15, 0.2) is 0 Å². The molecule has 1 aromatic rings. The quantitative estimate of drug-likeness (QED) is 0.867. The zero-order valence-electron chi connectivity index (χ0n) is 13.2. The highest BCUT2D eigenvalue weighted by molar-refractivity contribution is 5.81. The van der Waals surface area contributed by atoms with Crippen LogP contribution in [-0.4, -0.2) is 47.9 Å². The molecule has 2 N–H and O–H groups in total. The Morgan fingerprint density at radius 2 is 2.14 bits per heavy atom. The van der Waals surface area contributed by atoms with Crippen molar-refractivity contribution in [3.63, 3.8) is 0 Å². The lowest BCUT2D eigenvalue weighted by Crippen LogP contribution is -2.41. The fourth-order valence-electron chi connectivity index (χ4n) is 2.98. The topological polar surface area (TPSA) is 49.6 Å². The molecule has 0 bridgehead atoms. The third-order valence-electron chi connectivity index (χ3n) is 4.20. The third-order valence-corrected chi connectivity index (χ3v) is 4.20. The van der Waals surface area contributed by atoms with Gasteiger partial charge in [-0.1, -0.05) is 37.3 Å². The van der Waals surface area contributed by atoms with E-state index in [0.717, 1.165) is 39.1 Å². The highest BCUT2D eigenvalue weighted by atomic mass is 16.2. The summed E-state index contributed by atoms with van der Waals surface area (Å²) in [7, 11) is 0. The Balaban J connectivity index is 1.84. The Bertz CT molecular complexity index is 447. The second-order valence-corrected chi connectivity index (χ2v) is 6.04. The Morgan fingerprint density at radius 3 is 2.76 bits per heavy atom. The van der Waals surface area contributed by atoms with Crippen LogP contribution >= 0.6 is 0 Å². The normalized spacial score (nSPS) is 20.0. The van der Waals surface area contributed by atoms with Gasteiger partial charge in [0.25, 0.3) is 0 Å². The first-order chi connectivity index (χ1) is 10.1. The molecule has 1 aliphatic rings. The predicted octanol–water partition coefficient (Wildman–Crippen LogP) is 1.70. The van der Waals surface area contributed by atoms with E-state index < -0.39 is 0 Å². The van der Waals surface area contributed by atoms with Crippen molar-refractivity contribution < 1.29 is 4.79 Å². The maximum atomic E-state index is 11.9. The van der Waals surface area contributed by atoms with Crippen LogP contribution in [0.2, 0.25) is 0 Å². The van der Waals surface area contributed by atoms with Crippen molar-refractivity contribution in [2.75, 3.05) is 26.2 Å². The van der Waals surface area contributed by atoms with Gasteiger partial charge in [0.05, 0.1) is 6.04 Å². The number of rotatable bonds is 6. The minimum atomic E-state index is -0.379. The molecular formula is C17H27N3O. The number of nitrogens with zero attached hydrogens (tertiary/aromatic N) is 2. The van der Waals surface area contributed by atoms with Crippen molar-refractivity contribution >= 4 is 5.91 Å². The molecule has 1 fully saturated rings. The van der Waals surface area contributed by atoms with Gasteiger partial charge >= 0.3 is 0 Å². The van der Waals surface area contributed by atoms with E-state index in [2.05, 4.69) is 36.1 Å². The number of hydrogen-bond acceptors (Lipinski definition) is 3. The van der Waals surface area contributed by atoms with E-state index in [0.29, 0.717) is 5.92 Å². The van der Waals surface area contributed by atoms with Gasteiger partial charge in [-0.2, -0.15) is 0 Å². The molecule has 1 heterocycles. The summed E-state index contributed by atoms with van der Waals surface area (Å²) in [5, 5.41) is 0. The number of likely N-dealkylation sites (tertiary alicyclic amines) is 1. The van der Waals surface area contributed by atoms with E-state index in [1.54, 1.807) is 6.92 Å². The molecule has 2 atom stereocenters. The minimum Gasteiger partial charge on any atom is -0.341 e. The van der Waals surface area contributed by atoms with Crippen LogP contribution in [0, 0.1) is 5.92 Å². The largest absolute Gasteiger partial charge is 0.341 e. The van der Waals surface area contributed by atoms with Gasteiger partial charge in [0.2, 0.25) is 5.91 Å². The molecule has 1 aliphatic heterocycles. The maximum absolute atomic E-state index is 11.9. The molecule has 4 nitrogen and oxygen atoms in total. The number of amides is 1. The highest BCUT2D eigenvalue weighted by Crippen LogP contribution is 2.19. The molecule has 2 rings (SSSR count). The average molecular weight is 289 g/mol. The first kappa shape index (κ1) is 16.0. The van der Waals surface area contributed by atoms with Gasteiger partial charge in [0, 0.05) is 26.2 Å². The first-order valence-corrected chi connectivity index (χ1v) is 7.90. The smallest absolute Gasteiger partial charge is 0.239 e. The highest BCUT2D eigenvalue weighted by Gasteiger charge is 2.28. The number of carbonyl (C=O) groups is 1. The fraction of sp³-hybridized carbons (Fsp3) is 0.588. The third kappa shape index (κ3) is 4.55. The summed E-state index contributed by atoms with van der Waals surface area (Å²) >= 11 is 0. The molecule has 0 radical (unpaired) electrons. The number of benzene rings is 1. The lowest BCUT2D eigenvalue weighted by Gasteiger charge is -2.24. The van der Waals surface area contributed by atoms with Crippen molar-refractivity contribution in [3.05, 3.63) is 35.9 Å². The summed E-state index contributed by atoms with van der Waals surface area (Å²) in [4.78, 5) is 16.3. The molecular weight excluding hydrogens is 262 g/mol. The lowest BCUT2D eigenvalue weighted by atomic mass is 10.1. The molecule has 21 heavy (non-hydrogen) atoms. The molecule has 0 unspecified atom stereocenters. The minimum absolute atomic E-state index is 0.0867. The Labute approximate surface area is 127 Å². The Morgan fingerprint density at radius 1 is 1.43 bits per heavy atom. The molecule has 116 valence electrons. The van der Waals surface area contributed by atoms with E-state index in [1.807, 2.05) is 11.0 Å². The van der Waals surface area contributed by atoms with Gasteiger partial charge < -0.3 is 10.6 Å². The number of hydrogen-bond donors (Lipinski definition) is 1. The second kappa shape index (κ2) is 7.57. The van der Waals surface area contributed by atoms with Gasteiger partial charge in [-0.3, -0.25) is 9.69 Å². The summed E-state index contributed by atoms with van der Waals surface area (Å²) < 4.78 is 0. The summed E-state index contributed by atoms with van der Waals surface area (Å²) in [6, 6.07) is 10.2. The van der Waals surface area contributed by atoms with Crippen LogP contribution in [0.5, 0.6) is 0 Å². The summed E-state index contributed by atoms with van der Waals surface area (Å²) in [5.74, 6) is 0.653. The Kier molecular flexibility index (Phi) is 5.76. The number of carbonyl (C=O) groups excluding carboxylic acids is 1. The average Bonchev–Trinajstić information content (AvgIpc) is 2.95. The second-order valence-electron chi connectivity index (χ2n) is 6.04. The van der Waals surface area contributed by atoms with Crippen molar-refractivity contribution in [2.24, 2.45) is 11.7 Å². The zero-order valence-corrected chi connectivity index (χ0v) is 13.2. The monoisotopic (exact) mass is 289 g/mol. The molecule has 1 saturated heterocycles. The van der Waals surface area contributed by atoms with Gasteiger partial charge in [-0.15, -0.1) is 0 Å². The van der Waals surface area contributed by atoms with Gasteiger partial charge in [-0.05, 0) is 31.4 Å². The molecule has 0 saturated carbocycles. The molecule has 0 spiro atoms. The standard InChI is InChI=1S/C17H27N3O/c1-3-19(11-15-7-5-4-6-8-15)12-16-9-10-20(13-16)17(21)14(2)18/h4-8,14,16H,3,9-13,18H2,1-2H3/t14-,16-/m0/s1. The van der Waals surface area contributed by atoms with Crippen molar-refractivity contribution in [1.82, 2.24) is 9.80 Å². The number of nitrogens with two attached hydrogens (primary N) is 1. The van der Waals surface area contributed by atoms with Gasteiger partial charge in [-0.25, -0.2) is 0 Å². The maximum Gasteiger partial charge on any atom is 0.239 e. The van der Waals surface area contributed by atoms with Crippen LogP contribution in [-0.2, 0) is 11.3 Å². The van der Waals surface area contributed by atoms with E-state index in [1.165, 1.54) is 5.56 Å².